The minimum Gasteiger partial charge on any atom is -0.275 e. The van der Waals surface area contributed by atoms with Crippen molar-refractivity contribution in [1.82, 2.24) is 14.1 Å². The van der Waals surface area contributed by atoms with Crippen molar-refractivity contribution >= 4 is 16.1 Å². The van der Waals surface area contributed by atoms with Crippen molar-refractivity contribution < 1.29 is 8.42 Å². The molecule has 6 heteroatoms. The van der Waals surface area contributed by atoms with Crippen LogP contribution in [0.3, 0.4) is 0 Å². The van der Waals surface area contributed by atoms with Gasteiger partial charge in [0, 0.05) is 37.8 Å². The number of nitrogens with zero attached hydrogens (tertiary/aromatic N) is 3. The molecule has 0 N–H and O–H groups in total. The van der Waals surface area contributed by atoms with Gasteiger partial charge >= 0.3 is 0 Å². The van der Waals surface area contributed by atoms with Gasteiger partial charge in [-0.1, -0.05) is 30.3 Å². The van der Waals surface area contributed by atoms with E-state index in [0.717, 1.165) is 11.1 Å². The van der Waals surface area contributed by atoms with E-state index in [1.165, 1.54) is 9.71 Å². The SMILES string of the molecule is CN(Cc1cnn(C)c1)S(=O)(=O)/C=C/c1ccccc1. The van der Waals surface area contributed by atoms with Gasteiger partial charge in [0.05, 0.1) is 6.20 Å². The quantitative estimate of drug-likeness (QED) is 0.845. The zero-order valence-corrected chi connectivity index (χ0v) is 12.3. The lowest BCUT2D eigenvalue weighted by atomic mass is 10.2. The Balaban J connectivity index is 2.08. The summed E-state index contributed by atoms with van der Waals surface area (Å²) in [6, 6.07) is 9.33. The number of aryl methyl sites for hydroxylation is 1. The fourth-order valence-electron chi connectivity index (χ4n) is 1.73. The summed E-state index contributed by atoms with van der Waals surface area (Å²) in [5.74, 6) is 0. The number of hydrogen-bond acceptors (Lipinski definition) is 3. The van der Waals surface area contributed by atoms with Crippen molar-refractivity contribution in [2.24, 2.45) is 7.05 Å². The Labute approximate surface area is 119 Å². The van der Waals surface area contributed by atoms with Crippen LogP contribution in [-0.2, 0) is 23.6 Å². The molecule has 1 aromatic carbocycles. The zero-order valence-electron chi connectivity index (χ0n) is 11.5. The lowest BCUT2D eigenvalue weighted by Gasteiger charge is -2.13. The number of rotatable bonds is 5. The van der Waals surface area contributed by atoms with Crippen molar-refractivity contribution in [2.75, 3.05) is 7.05 Å². The second-order valence-electron chi connectivity index (χ2n) is 4.54. The predicted molar refractivity (Wildman–Crippen MR) is 79.1 cm³/mol. The Morgan fingerprint density at radius 1 is 1.30 bits per heavy atom. The molecule has 0 atom stereocenters. The molecule has 0 radical (unpaired) electrons. The average Bonchev–Trinajstić information content (AvgIpc) is 2.83. The molecule has 0 unspecified atom stereocenters. The predicted octanol–water partition coefficient (Wildman–Crippen LogP) is 1.85. The van der Waals surface area contributed by atoms with Crippen LogP contribution in [0.2, 0.25) is 0 Å². The Morgan fingerprint density at radius 2 is 2.00 bits per heavy atom. The van der Waals surface area contributed by atoms with E-state index >= 15 is 0 Å². The molecule has 0 aliphatic carbocycles. The first-order valence-corrected chi connectivity index (χ1v) is 7.65. The Bertz CT molecular complexity index is 690. The minimum absolute atomic E-state index is 0.301. The topological polar surface area (TPSA) is 55.2 Å². The third-order valence-corrected chi connectivity index (χ3v) is 4.31. The third-order valence-electron chi connectivity index (χ3n) is 2.83. The van der Waals surface area contributed by atoms with Gasteiger partial charge in [-0.05, 0) is 11.6 Å². The molecule has 2 rings (SSSR count). The van der Waals surface area contributed by atoms with Crippen LogP contribution < -0.4 is 0 Å². The van der Waals surface area contributed by atoms with Gasteiger partial charge in [-0.25, -0.2) is 8.42 Å². The molecule has 0 fully saturated rings. The Hall–Kier alpha value is -1.92. The highest BCUT2D eigenvalue weighted by Gasteiger charge is 2.15. The van der Waals surface area contributed by atoms with Crippen LogP contribution in [0.15, 0.2) is 48.1 Å². The van der Waals surface area contributed by atoms with Gasteiger partial charge in [0.2, 0.25) is 10.0 Å². The Morgan fingerprint density at radius 3 is 2.60 bits per heavy atom. The van der Waals surface area contributed by atoms with E-state index in [2.05, 4.69) is 5.10 Å². The van der Waals surface area contributed by atoms with Gasteiger partial charge in [-0.15, -0.1) is 0 Å². The highest BCUT2D eigenvalue weighted by atomic mass is 32.2. The molecule has 1 aromatic heterocycles. The highest BCUT2D eigenvalue weighted by Crippen LogP contribution is 2.10. The van der Waals surface area contributed by atoms with Crippen LogP contribution in [0.4, 0.5) is 0 Å². The first-order chi connectivity index (χ1) is 9.47. The molecular weight excluding hydrogens is 274 g/mol. The van der Waals surface area contributed by atoms with Gasteiger partial charge in [0.25, 0.3) is 0 Å². The molecule has 0 saturated carbocycles. The lowest BCUT2D eigenvalue weighted by molar-refractivity contribution is 0.475. The molecule has 1 heterocycles. The van der Waals surface area contributed by atoms with Crippen LogP contribution in [0.5, 0.6) is 0 Å². The number of hydrogen-bond donors (Lipinski definition) is 0. The summed E-state index contributed by atoms with van der Waals surface area (Å²) in [5, 5.41) is 5.24. The highest BCUT2D eigenvalue weighted by molar-refractivity contribution is 7.92. The fourth-order valence-corrected chi connectivity index (χ4v) is 2.60. The molecular formula is C14H17N3O2S. The number of aromatic nitrogens is 2. The lowest BCUT2D eigenvalue weighted by Crippen LogP contribution is -2.24. The first-order valence-electron chi connectivity index (χ1n) is 6.14. The average molecular weight is 291 g/mol. The smallest absolute Gasteiger partial charge is 0.236 e. The van der Waals surface area contributed by atoms with E-state index in [-0.39, 0.29) is 0 Å². The van der Waals surface area contributed by atoms with Crippen molar-refractivity contribution in [3.8, 4) is 0 Å². The summed E-state index contributed by atoms with van der Waals surface area (Å²) >= 11 is 0. The summed E-state index contributed by atoms with van der Waals surface area (Å²) in [6.07, 6.45) is 5.05. The molecule has 0 amide bonds. The van der Waals surface area contributed by atoms with E-state index in [0.29, 0.717) is 6.54 Å². The molecule has 5 nitrogen and oxygen atoms in total. The van der Waals surface area contributed by atoms with Gasteiger partial charge < -0.3 is 0 Å². The van der Waals surface area contributed by atoms with Gasteiger partial charge in [-0.2, -0.15) is 9.40 Å². The standard InChI is InChI=1S/C14H17N3O2S/c1-16-11-14(10-15-16)12-17(2)20(18,19)9-8-13-6-4-3-5-7-13/h3-11H,12H2,1-2H3/b9-8+. The molecule has 106 valence electrons. The third kappa shape index (κ3) is 3.79. The second-order valence-corrected chi connectivity index (χ2v) is 6.46. The number of sulfonamides is 1. The molecule has 20 heavy (non-hydrogen) atoms. The van der Waals surface area contributed by atoms with Crippen LogP contribution in [-0.4, -0.2) is 29.6 Å². The maximum atomic E-state index is 12.1. The summed E-state index contributed by atoms with van der Waals surface area (Å²) in [4.78, 5) is 0. The van der Waals surface area contributed by atoms with E-state index in [9.17, 15) is 8.42 Å². The van der Waals surface area contributed by atoms with Crippen LogP contribution in [0.25, 0.3) is 6.08 Å². The molecule has 2 aromatic rings. The van der Waals surface area contributed by atoms with Crippen molar-refractivity contribution in [2.45, 2.75) is 6.54 Å². The maximum absolute atomic E-state index is 12.1. The van der Waals surface area contributed by atoms with Crippen LogP contribution in [0.1, 0.15) is 11.1 Å². The van der Waals surface area contributed by atoms with Crippen LogP contribution >= 0.6 is 0 Å². The summed E-state index contributed by atoms with van der Waals surface area (Å²) in [6.45, 7) is 0.301. The van der Waals surface area contributed by atoms with Crippen LogP contribution in [0, 0.1) is 0 Å². The van der Waals surface area contributed by atoms with E-state index in [4.69, 9.17) is 0 Å². The first kappa shape index (κ1) is 14.5. The van der Waals surface area contributed by atoms with E-state index in [1.54, 1.807) is 37.2 Å². The summed E-state index contributed by atoms with van der Waals surface area (Å²) in [7, 11) is -0.0795. The van der Waals surface area contributed by atoms with Crippen molar-refractivity contribution in [1.29, 1.82) is 0 Å². The summed E-state index contributed by atoms with van der Waals surface area (Å²) in [5.41, 5.74) is 1.71. The Kier molecular flexibility index (Phi) is 4.36. The monoisotopic (exact) mass is 291 g/mol. The largest absolute Gasteiger partial charge is 0.275 e. The van der Waals surface area contributed by atoms with Gasteiger partial charge in [-0.3, -0.25) is 4.68 Å². The maximum Gasteiger partial charge on any atom is 0.236 e. The molecule has 0 aliphatic heterocycles. The molecule has 0 bridgehead atoms. The normalized spacial score (nSPS) is 12.3. The van der Waals surface area contributed by atoms with E-state index in [1.807, 2.05) is 30.3 Å². The molecule has 0 spiro atoms. The van der Waals surface area contributed by atoms with Gasteiger partial charge in [0.1, 0.15) is 0 Å². The van der Waals surface area contributed by atoms with Gasteiger partial charge in [0.15, 0.2) is 0 Å². The zero-order chi connectivity index (χ0) is 14.6. The summed E-state index contributed by atoms with van der Waals surface area (Å²) < 4.78 is 27.2. The van der Waals surface area contributed by atoms with E-state index < -0.39 is 10.0 Å². The molecule has 0 saturated heterocycles. The minimum atomic E-state index is -3.43. The van der Waals surface area contributed by atoms with Crippen molar-refractivity contribution in [3.05, 3.63) is 59.3 Å². The molecule has 0 aliphatic rings. The fraction of sp³-hybridized carbons (Fsp3) is 0.214. The van der Waals surface area contributed by atoms with Crippen molar-refractivity contribution in [3.63, 3.8) is 0 Å². The second kappa shape index (κ2) is 6.02. The number of benzene rings is 1.